The van der Waals surface area contributed by atoms with Gasteiger partial charge in [0.15, 0.2) is 0 Å². The van der Waals surface area contributed by atoms with Gasteiger partial charge in [0.05, 0.1) is 11.5 Å². The Bertz CT molecular complexity index is 272. The molecule has 1 aromatic rings. The SMILES string of the molecule is CC(Cl)(CCc1ccccc1)COCCl. The van der Waals surface area contributed by atoms with Crippen molar-refractivity contribution in [1.82, 2.24) is 0 Å². The summed E-state index contributed by atoms with van der Waals surface area (Å²) in [6, 6.07) is 10.5. The van der Waals surface area contributed by atoms with E-state index in [0.29, 0.717) is 6.61 Å². The van der Waals surface area contributed by atoms with Crippen molar-refractivity contribution in [1.29, 1.82) is 0 Å². The number of hydrogen-bond donors (Lipinski definition) is 0. The summed E-state index contributed by atoms with van der Waals surface area (Å²) in [5, 5.41) is 0. The standard InChI is InChI=1S/C12H16Cl2O/c1-12(14,9-15-10-13)8-7-11-5-3-2-4-6-11/h2-6H,7-10H2,1H3. The zero-order chi connectivity index (χ0) is 11.1. The van der Waals surface area contributed by atoms with Gasteiger partial charge in [-0.25, -0.2) is 0 Å². The van der Waals surface area contributed by atoms with E-state index in [1.54, 1.807) is 0 Å². The van der Waals surface area contributed by atoms with Crippen molar-refractivity contribution < 1.29 is 4.74 Å². The fraction of sp³-hybridized carbons (Fsp3) is 0.500. The maximum absolute atomic E-state index is 6.28. The van der Waals surface area contributed by atoms with Gasteiger partial charge in [0.25, 0.3) is 0 Å². The van der Waals surface area contributed by atoms with E-state index in [-0.39, 0.29) is 10.9 Å². The Kier molecular flexibility index (Phi) is 5.44. The lowest BCUT2D eigenvalue weighted by atomic mass is 10.0. The van der Waals surface area contributed by atoms with Gasteiger partial charge in [-0.2, -0.15) is 0 Å². The Hall–Kier alpha value is -0.240. The normalized spacial score (nSPS) is 14.9. The summed E-state index contributed by atoms with van der Waals surface area (Å²) in [5.41, 5.74) is 1.30. The minimum atomic E-state index is -0.329. The fourth-order valence-corrected chi connectivity index (χ4v) is 1.62. The second-order valence-corrected chi connectivity index (χ2v) is 4.99. The van der Waals surface area contributed by atoms with Crippen LogP contribution >= 0.6 is 23.2 Å². The van der Waals surface area contributed by atoms with Gasteiger partial charge in [-0.05, 0) is 25.3 Å². The minimum Gasteiger partial charge on any atom is -0.364 e. The van der Waals surface area contributed by atoms with Crippen molar-refractivity contribution >= 4 is 23.2 Å². The summed E-state index contributed by atoms with van der Waals surface area (Å²) in [7, 11) is 0. The second kappa shape index (κ2) is 6.37. The highest BCUT2D eigenvalue weighted by molar-refractivity contribution is 6.23. The van der Waals surface area contributed by atoms with Gasteiger partial charge in [-0.15, -0.1) is 11.6 Å². The molecule has 1 atom stereocenters. The summed E-state index contributed by atoms with van der Waals surface area (Å²) in [5.74, 6) is 0. The summed E-state index contributed by atoms with van der Waals surface area (Å²) in [6.07, 6.45) is 1.85. The molecule has 0 aliphatic rings. The minimum absolute atomic E-state index is 0.202. The van der Waals surface area contributed by atoms with Gasteiger partial charge in [0.2, 0.25) is 0 Å². The molecule has 0 fully saturated rings. The topological polar surface area (TPSA) is 9.23 Å². The van der Waals surface area contributed by atoms with E-state index in [2.05, 4.69) is 12.1 Å². The van der Waals surface area contributed by atoms with Gasteiger partial charge in [0.1, 0.15) is 6.07 Å². The third-order valence-electron chi connectivity index (χ3n) is 2.26. The fourth-order valence-electron chi connectivity index (χ4n) is 1.37. The average molecular weight is 247 g/mol. The van der Waals surface area contributed by atoms with Crippen LogP contribution in [0.1, 0.15) is 18.9 Å². The molecule has 3 heteroatoms. The molecule has 0 spiro atoms. The number of ether oxygens (including phenoxy) is 1. The third-order valence-corrected chi connectivity index (χ3v) is 2.71. The maximum Gasteiger partial charge on any atom is 0.120 e. The number of aryl methyl sites for hydroxylation is 1. The molecular formula is C12H16Cl2O. The zero-order valence-electron chi connectivity index (χ0n) is 8.88. The van der Waals surface area contributed by atoms with Crippen LogP contribution < -0.4 is 0 Å². The van der Waals surface area contributed by atoms with Crippen LogP contribution in [0.15, 0.2) is 30.3 Å². The van der Waals surface area contributed by atoms with Gasteiger partial charge in [-0.3, -0.25) is 0 Å². The summed E-state index contributed by atoms with van der Waals surface area (Å²) >= 11 is 11.7. The van der Waals surface area contributed by atoms with Crippen LogP contribution in [0.25, 0.3) is 0 Å². The van der Waals surface area contributed by atoms with E-state index < -0.39 is 0 Å². The first-order valence-electron chi connectivity index (χ1n) is 5.00. The third kappa shape index (κ3) is 5.41. The number of alkyl halides is 2. The molecule has 1 aromatic carbocycles. The van der Waals surface area contributed by atoms with Crippen molar-refractivity contribution in [2.75, 3.05) is 12.7 Å². The van der Waals surface area contributed by atoms with E-state index in [4.69, 9.17) is 27.9 Å². The van der Waals surface area contributed by atoms with Gasteiger partial charge in [-0.1, -0.05) is 41.9 Å². The highest BCUT2D eigenvalue weighted by Gasteiger charge is 2.20. The maximum atomic E-state index is 6.28. The summed E-state index contributed by atoms with van der Waals surface area (Å²) in [4.78, 5) is -0.329. The van der Waals surface area contributed by atoms with Crippen LogP contribution in [0.4, 0.5) is 0 Å². The van der Waals surface area contributed by atoms with E-state index in [9.17, 15) is 0 Å². The van der Waals surface area contributed by atoms with E-state index in [1.807, 2.05) is 25.1 Å². The van der Waals surface area contributed by atoms with Gasteiger partial charge >= 0.3 is 0 Å². The van der Waals surface area contributed by atoms with Crippen molar-refractivity contribution in [2.24, 2.45) is 0 Å². The Morgan fingerprint density at radius 2 is 1.93 bits per heavy atom. The molecule has 1 nitrogen and oxygen atoms in total. The van der Waals surface area contributed by atoms with E-state index >= 15 is 0 Å². The van der Waals surface area contributed by atoms with Gasteiger partial charge in [0, 0.05) is 0 Å². The summed E-state index contributed by atoms with van der Waals surface area (Å²) < 4.78 is 5.12. The quantitative estimate of drug-likeness (QED) is 0.694. The van der Waals surface area contributed by atoms with Crippen molar-refractivity contribution in [3.05, 3.63) is 35.9 Å². The van der Waals surface area contributed by atoms with Crippen molar-refractivity contribution in [3.63, 3.8) is 0 Å². The first-order valence-corrected chi connectivity index (χ1v) is 5.92. The number of hydrogen-bond acceptors (Lipinski definition) is 1. The van der Waals surface area contributed by atoms with Gasteiger partial charge < -0.3 is 4.74 Å². The number of rotatable bonds is 6. The Morgan fingerprint density at radius 3 is 2.53 bits per heavy atom. The van der Waals surface area contributed by atoms with Crippen LogP contribution in [0.3, 0.4) is 0 Å². The molecule has 0 amide bonds. The molecule has 1 rings (SSSR count). The molecular weight excluding hydrogens is 231 g/mol. The molecule has 0 N–H and O–H groups in total. The molecule has 0 saturated carbocycles. The van der Waals surface area contributed by atoms with E-state index in [0.717, 1.165) is 12.8 Å². The summed E-state index contributed by atoms with van der Waals surface area (Å²) in [6.45, 7) is 2.47. The predicted molar refractivity (Wildman–Crippen MR) is 65.7 cm³/mol. The number of halogens is 2. The van der Waals surface area contributed by atoms with Crippen LogP contribution in [0, 0.1) is 0 Å². The zero-order valence-corrected chi connectivity index (χ0v) is 10.4. The van der Waals surface area contributed by atoms with Crippen LogP contribution in [0.2, 0.25) is 0 Å². The molecule has 0 aromatic heterocycles. The average Bonchev–Trinajstić information content (AvgIpc) is 2.25. The molecule has 0 radical (unpaired) electrons. The Morgan fingerprint density at radius 1 is 1.27 bits per heavy atom. The monoisotopic (exact) mass is 246 g/mol. The van der Waals surface area contributed by atoms with Crippen LogP contribution in [-0.4, -0.2) is 17.5 Å². The highest BCUT2D eigenvalue weighted by atomic mass is 35.5. The second-order valence-electron chi connectivity index (χ2n) is 3.86. The van der Waals surface area contributed by atoms with Crippen LogP contribution in [0.5, 0.6) is 0 Å². The predicted octanol–water partition coefficient (Wildman–Crippen LogP) is 3.83. The molecule has 84 valence electrons. The molecule has 0 heterocycles. The lowest BCUT2D eigenvalue weighted by Crippen LogP contribution is -2.24. The lowest BCUT2D eigenvalue weighted by Gasteiger charge is -2.21. The first-order chi connectivity index (χ1) is 7.14. The molecule has 15 heavy (non-hydrogen) atoms. The number of benzene rings is 1. The smallest absolute Gasteiger partial charge is 0.120 e. The Labute approximate surface area is 101 Å². The van der Waals surface area contributed by atoms with E-state index in [1.165, 1.54) is 5.56 Å². The van der Waals surface area contributed by atoms with Crippen molar-refractivity contribution in [2.45, 2.75) is 24.6 Å². The van der Waals surface area contributed by atoms with Crippen molar-refractivity contribution in [3.8, 4) is 0 Å². The largest absolute Gasteiger partial charge is 0.364 e. The lowest BCUT2D eigenvalue weighted by molar-refractivity contribution is 0.150. The molecule has 0 aliphatic carbocycles. The van der Waals surface area contributed by atoms with Crippen LogP contribution in [-0.2, 0) is 11.2 Å². The first kappa shape index (κ1) is 12.8. The molecule has 0 bridgehead atoms. The Balaban J connectivity index is 2.35. The molecule has 1 unspecified atom stereocenters. The molecule has 0 saturated heterocycles. The molecule has 0 aliphatic heterocycles. The highest BCUT2D eigenvalue weighted by Crippen LogP contribution is 2.22.